The molecule has 2 N–H and O–H groups in total. The van der Waals surface area contributed by atoms with Gasteiger partial charge >= 0.3 is 19.0 Å². The van der Waals surface area contributed by atoms with Crippen LogP contribution in [0.2, 0.25) is 0 Å². The summed E-state index contributed by atoms with van der Waals surface area (Å²) in [4.78, 5) is 12.9. The molecule has 1 aliphatic rings. The molecule has 0 spiro atoms. The molecule has 0 radical (unpaired) electrons. The molecule has 0 saturated heterocycles. The fraction of sp³-hybridized carbons (Fsp3) is 0.355. The predicted molar refractivity (Wildman–Crippen MR) is 165 cm³/mol. The average molecular weight is 679 g/mol. The first-order valence-corrected chi connectivity index (χ1v) is 17.5. The Morgan fingerprint density at radius 2 is 1.38 bits per heavy atom. The molecular formula is C31H40BrN2O6P2+. The summed E-state index contributed by atoms with van der Waals surface area (Å²) in [5.74, 6) is -0.494. The van der Waals surface area contributed by atoms with Crippen molar-refractivity contribution in [2.24, 2.45) is 5.92 Å². The minimum Gasteiger partial charge on any atom is -1.00 e. The number of hydrogen-bond donors (Lipinski definition) is 2. The van der Waals surface area contributed by atoms with Crippen LogP contribution in [0.25, 0.3) is 0 Å². The van der Waals surface area contributed by atoms with Crippen LogP contribution in [-0.2, 0) is 18.3 Å². The van der Waals surface area contributed by atoms with Gasteiger partial charge in [-0.05, 0) is 55.0 Å². The summed E-state index contributed by atoms with van der Waals surface area (Å²) in [6.45, 7) is 5.70. The molecule has 8 nitrogen and oxygen atoms in total. The molecule has 42 heavy (non-hydrogen) atoms. The molecule has 1 amide bonds. The minimum atomic E-state index is -3.76. The zero-order valence-electron chi connectivity index (χ0n) is 24.3. The van der Waals surface area contributed by atoms with Gasteiger partial charge in [0.1, 0.15) is 29.8 Å². The van der Waals surface area contributed by atoms with Crippen LogP contribution in [0.5, 0.6) is 0 Å². The number of carbonyl (C=O) groups excluding carboxylic acids is 1. The first kappa shape index (κ1) is 34.0. The van der Waals surface area contributed by atoms with Crippen molar-refractivity contribution in [1.29, 1.82) is 0 Å². The Balaban J connectivity index is 0.00000484. The van der Waals surface area contributed by atoms with E-state index < -0.39 is 32.1 Å². The number of amides is 1. The molecule has 4 rings (SSSR count). The number of ether oxygens (including phenoxy) is 1. The summed E-state index contributed by atoms with van der Waals surface area (Å²) in [6, 6.07) is 31.4. The number of hydrogen-bond acceptors (Lipinski definition) is 6. The Bertz CT molecular complexity index is 1260. The topological polar surface area (TPSA) is 97.1 Å². The first-order valence-electron chi connectivity index (χ1n) is 14.0. The van der Waals surface area contributed by atoms with Gasteiger partial charge in [-0.3, -0.25) is 9.77 Å². The summed E-state index contributed by atoms with van der Waals surface area (Å²) in [5.41, 5.74) is 0. The van der Waals surface area contributed by atoms with Crippen LogP contribution in [0.15, 0.2) is 91.0 Å². The molecule has 2 atom stereocenters. The standard InChI is InChI=1S/C31H39N2O6P2.BrH/c1-4-38-41(36,39-5-2)31(3)26(21-23-33(31)35)25-37-30(34)32-22-24-40(27-15-9-6-10-16-27,28-17-11-7-12-18-28)29-19-13-8-14-20-29;/h6-20,23,26H,4-5,21-22,24-25H2,1-3H3,(H-,32,34,35);1H/q+1;/t26-,31+;/m1./s1. The molecule has 3 aromatic rings. The van der Waals surface area contributed by atoms with Crippen LogP contribution in [0.3, 0.4) is 0 Å². The number of nitrogens with zero attached hydrogens (tertiary/aromatic N) is 1. The Labute approximate surface area is 259 Å². The van der Waals surface area contributed by atoms with Crippen molar-refractivity contribution in [2.75, 3.05) is 32.5 Å². The highest BCUT2D eigenvalue weighted by atomic mass is 79.9. The van der Waals surface area contributed by atoms with Crippen LogP contribution < -0.4 is 38.2 Å². The van der Waals surface area contributed by atoms with Crippen LogP contribution in [-0.4, -0.2) is 60.1 Å². The molecule has 0 aromatic heterocycles. The molecule has 3 aromatic carbocycles. The van der Waals surface area contributed by atoms with E-state index in [9.17, 15) is 14.6 Å². The Morgan fingerprint density at radius 3 is 1.81 bits per heavy atom. The number of hydroxylamine groups is 1. The fourth-order valence-electron chi connectivity index (χ4n) is 5.47. The summed E-state index contributed by atoms with van der Waals surface area (Å²) in [7, 11) is -5.86. The number of nitrogens with one attached hydrogen (secondary N) is 1. The lowest BCUT2D eigenvalue weighted by Crippen LogP contribution is -3.00. The van der Waals surface area contributed by atoms with E-state index in [4.69, 9.17) is 13.8 Å². The Hall–Kier alpha value is -2.54. The van der Waals surface area contributed by atoms with Crippen LogP contribution >= 0.6 is 14.9 Å². The third-order valence-corrected chi connectivity index (χ3v) is 15.0. The van der Waals surface area contributed by atoms with Gasteiger partial charge in [0, 0.05) is 13.3 Å². The second-order valence-electron chi connectivity index (χ2n) is 9.95. The molecule has 1 heterocycles. The summed E-state index contributed by atoms with van der Waals surface area (Å²) >= 11 is 0. The summed E-state index contributed by atoms with van der Waals surface area (Å²) < 4.78 is 31.3. The highest BCUT2D eigenvalue weighted by Gasteiger charge is 2.66. The van der Waals surface area contributed by atoms with E-state index in [1.54, 1.807) is 20.8 Å². The molecule has 226 valence electrons. The lowest BCUT2D eigenvalue weighted by atomic mass is 10.0. The highest BCUT2D eigenvalue weighted by Crippen LogP contribution is 2.64. The second kappa shape index (κ2) is 15.3. The zero-order chi connectivity index (χ0) is 29.3. The molecule has 0 unspecified atom stereocenters. The van der Waals surface area contributed by atoms with Gasteiger partial charge in [0.2, 0.25) is 0 Å². The highest BCUT2D eigenvalue weighted by molar-refractivity contribution is 7.95. The molecular weight excluding hydrogens is 638 g/mol. The van der Waals surface area contributed by atoms with E-state index in [1.165, 1.54) is 22.1 Å². The van der Waals surface area contributed by atoms with E-state index in [0.29, 0.717) is 19.1 Å². The van der Waals surface area contributed by atoms with Crippen molar-refractivity contribution in [3.8, 4) is 0 Å². The van der Waals surface area contributed by atoms with Gasteiger partial charge in [-0.15, -0.1) is 0 Å². The van der Waals surface area contributed by atoms with Crippen molar-refractivity contribution in [1.82, 2.24) is 5.32 Å². The average Bonchev–Trinajstić information content (AvgIpc) is 3.30. The third-order valence-electron chi connectivity index (χ3n) is 7.68. The fourth-order valence-corrected chi connectivity index (χ4v) is 11.9. The van der Waals surface area contributed by atoms with E-state index >= 15 is 0 Å². The predicted octanol–water partition coefficient (Wildman–Crippen LogP) is 2.19. The number of carbonyl (C=O) groups is 1. The summed E-state index contributed by atoms with van der Waals surface area (Å²) in [5, 5.41) is 15.9. The van der Waals surface area contributed by atoms with E-state index in [0.717, 1.165) is 4.74 Å². The van der Waals surface area contributed by atoms with Gasteiger partial charge in [0.25, 0.3) is 0 Å². The number of benzene rings is 3. The number of alkyl carbamates (subject to hydrolysis) is 1. The summed E-state index contributed by atoms with van der Waals surface area (Å²) in [6.07, 6.45) is 2.01. The molecule has 0 fully saturated rings. The maximum Gasteiger partial charge on any atom is 0.407 e. The number of halogens is 1. The monoisotopic (exact) mass is 677 g/mol. The Morgan fingerprint density at radius 1 is 0.929 bits per heavy atom. The van der Waals surface area contributed by atoms with E-state index in [2.05, 4.69) is 78.1 Å². The second-order valence-corrected chi connectivity index (χ2v) is 16.0. The lowest BCUT2D eigenvalue weighted by Gasteiger charge is -2.31. The van der Waals surface area contributed by atoms with Crippen LogP contribution in [0.4, 0.5) is 4.79 Å². The van der Waals surface area contributed by atoms with Crippen LogP contribution in [0, 0.1) is 5.92 Å². The zero-order valence-corrected chi connectivity index (χ0v) is 27.6. The van der Waals surface area contributed by atoms with Crippen molar-refractivity contribution >= 4 is 43.1 Å². The Kier molecular flexibility index (Phi) is 12.3. The normalized spacial score (nSPS) is 18.5. The minimum absolute atomic E-state index is 0. The van der Waals surface area contributed by atoms with E-state index in [-0.39, 0.29) is 36.8 Å². The first-order chi connectivity index (χ1) is 19.8. The van der Waals surface area contributed by atoms with Gasteiger partial charge in [-0.1, -0.05) is 54.6 Å². The molecule has 0 aliphatic carbocycles. The van der Waals surface area contributed by atoms with Gasteiger partial charge < -0.3 is 36.1 Å². The van der Waals surface area contributed by atoms with Crippen molar-refractivity contribution in [3.05, 3.63) is 91.0 Å². The maximum absolute atomic E-state index is 13.7. The molecule has 0 bridgehead atoms. The van der Waals surface area contributed by atoms with Crippen LogP contribution in [0.1, 0.15) is 27.2 Å². The maximum atomic E-state index is 13.7. The lowest BCUT2D eigenvalue weighted by molar-refractivity contribution is -0.805. The third kappa shape index (κ3) is 6.82. The quantitative estimate of drug-likeness (QED) is 0.164. The molecule has 11 heteroatoms. The molecule has 1 aliphatic heterocycles. The van der Waals surface area contributed by atoms with Crippen molar-refractivity contribution in [3.63, 3.8) is 0 Å². The molecule has 0 saturated carbocycles. The number of rotatable bonds is 13. The van der Waals surface area contributed by atoms with Gasteiger partial charge in [-0.25, -0.2) is 4.79 Å². The van der Waals surface area contributed by atoms with Gasteiger partial charge in [-0.2, -0.15) is 0 Å². The SMILES string of the molecule is CCOP(=O)(OCC)[C@@]1(C)[C@@H](COC(=O)NCC[P+](c2ccccc2)(c2ccccc2)c2ccccc2)CC=[N+]1O.[Br-]. The largest absolute Gasteiger partial charge is 1.00 e. The van der Waals surface area contributed by atoms with E-state index in [1.807, 2.05) is 18.2 Å². The van der Waals surface area contributed by atoms with Crippen molar-refractivity contribution in [2.45, 2.75) is 32.5 Å². The van der Waals surface area contributed by atoms with Gasteiger partial charge in [0.15, 0.2) is 6.21 Å². The van der Waals surface area contributed by atoms with Crippen molar-refractivity contribution < 1.29 is 50.1 Å². The van der Waals surface area contributed by atoms with Gasteiger partial charge in [0.05, 0.1) is 31.8 Å². The smallest absolute Gasteiger partial charge is 0.407 e.